The van der Waals surface area contributed by atoms with Gasteiger partial charge >= 0.3 is 5.97 Å². The van der Waals surface area contributed by atoms with Gasteiger partial charge in [0, 0.05) is 56.5 Å². The summed E-state index contributed by atoms with van der Waals surface area (Å²) in [5.74, 6) is 0.183. The molecule has 10 heteroatoms. The first-order chi connectivity index (χ1) is 19.2. The second kappa shape index (κ2) is 10.8. The molecule has 1 aromatic rings. The first-order valence-electron chi connectivity index (χ1n) is 14.8. The van der Waals surface area contributed by atoms with Crippen LogP contribution in [0.2, 0.25) is 0 Å². The SMILES string of the molecule is COc1ccc(N2CCN(C(=O)CCC(=O)O[C@@H]3O[C@@H]4O[C@]5(C)CC[C@H]6[C@H](C)CC[C@@H]([C@H]3C)[C@@]46OO5)CC2)cc1. The first kappa shape index (κ1) is 27.8. The van der Waals surface area contributed by atoms with E-state index in [1.807, 2.05) is 36.1 Å². The van der Waals surface area contributed by atoms with Crippen LogP contribution < -0.4 is 9.64 Å². The number of hydrogen-bond acceptors (Lipinski definition) is 9. The Morgan fingerprint density at radius 2 is 1.73 bits per heavy atom. The average Bonchev–Trinajstić information content (AvgIpc) is 3.20. The van der Waals surface area contributed by atoms with E-state index in [4.69, 9.17) is 28.7 Å². The number of nitrogens with zero attached hydrogens (tertiary/aromatic N) is 2. The predicted octanol–water partition coefficient (Wildman–Crippen LogP) is 3.88. The summed E-state index contributed by atoms with van der Waals surface area (Å²) in [6.07, 6.45) is 2.40. The highest BCUT2D eigenvalue weighted by atomic mass is 17.3. The maximum atomic E-state index is 12.9. The van der Waals surface area contributed by atoms with E-state index in [0.717, 1.165) is 50.2 Å². The van der Waals surface area contributed by atoms with Crippen molar-refractivity contribution in [3.05, 3.63) is 24.3 Å². The van der Waals surface area contributed by atoms with E-state index in [9.17, 15) is 9.59 Å². The quantitative estimate of drug-likeness (QED) is 0.381. The molecular weight excluding hydrogens is 516 g/mol. The van der Waals surface area contributed by atoms with Gasteiger partial charge in [-0.1, -0.05) is 13.8 Å². The minimum atomic E-state index is -0.878. The number of amides is 1. The molecule has 1 aliphatic carbocycles. The minimum absolute atomic E-state index is 0.0163. The van der Waals surface area contributed by atoms with Gasteiger partial charge in [-0.15, -0.1) is 0 Å². The summed E-state index contributed by atoms with van der Waals surface area (Å²) < 4.78 is 23.8. The van der Waals surface area contributed by atoms with Crippen molar-refractivity contribution >= 4 is 17.6 Å². The number of carbonyl (C=O) groups is 2. The van der Waals surface area contributed by atoms with Crippen LogP contribution in [0.25, 0.3) is 0 Å². The van der Waals surface area contributed by atoms with Gasteiger partial charge in [0.15, 0.2) is 11.9 Å². The van der Waals surface area contributed by atoms with Crippen LogP contribution in [0, 0.1) is 23.7 Å². The van der Waals surface area contributed by atoms with Gasteiger partial charge in [0.2, 0.25) is 18.0 Å². The Bertz CT molecular complexity index is 1090. The van der Waals surface area contributed by atoms with Gasteiger partial charge in [0.25, 0.3) is 0 Å². The highest BCUT2D eigenvalue weighted by molar-refractivity contribution is 5.81. The summed E-state index contributed by atoms with van der Waals surface area (Å²) >= 11 is 0. The molecule has 0 N–H and O–H groups in total. The van der Waals surface area contributed by atoms with Crippen LogP contribution in [0.15, 0.2) is 24.3 Å². The molecule has 5 heterocycles. The van der Waals surface area contributed by atoms with Crippen LogP contribution in [-0.4, -0.2) is 74.0 Å². The molecule has 7 rings (SSSR count). The van der Waals surface area contributed by atoms with E-state index >= 15 is 0 Å². The summed E-state index contributed by atoms with van der Waals surface area (Å²) in [6.45, 7) is 8.91. The lowest BCUT2D eigenvalue weighted by atomic mass is 9.58. The van der Waals surface area contributed by atoms with Crippen molar-refractivity contribution in [1.29, 1.82) is 0 Å². The smallest absolute Gasteiger partial charge is 0.308 e. The molecule has 10 nitrogen and oxygen atoms in total. The highest BCUT2D eigenvalue weighted by Crippen LogP contribution is 2.60. The molecule has 0 unspecified atom stereocenters. The van der Waals surface area contributed by atoms with E-state index in [1.165, 1.54) is 0 Å². The zero-order chi connectivity index (χ0) is 28.1. The van der Waals surface area contributed by atoms with Gasteiger partial charge in [0.05, 0.1) is 13.5 Å². The third-order valence-electron chi connectivity index (χ3n) is 9.96. The van der Waals surface area contributed by atoms with Crippen LogP contribution in [0.4, 0.5) is 5.69 Å². The Balaban J connectivity index is 1.02. The molecule has 2 bridgehead atoms. The molecule has 1 saturated carbocycles. The van der Waals surface area contributed by atoms with E-state index in [1.54, 1.807) is 7.11 Å². The Morgan fingerprint density at radius 1 is 0.975 bits per heavy atom. The third kappa shape index (κ3) is 4.86. The number of ether oxygens (including phenoxy) is 4. The summed E-state index contributed by atoms with van der Waals surface area (Å²) in [7, 11) is 1.65. The number of rotatable bonds is 6. The zero-order valence-electron chi connectivity index (χ0n) is 24.0. The highest BCUT2D eigenvalue weighted by Gasteiger charge is 2.69. The Labute approximate surface area is 236 Å². The number of methoxy groups -OCH3 is 1. The van der Waals surface area contributed by atoms with E-state index in [2.05, 4.69) is 18.7 Å². The van der Waals surface area contributed by atoms with Gasteiger partial charge in [-0.3, -0.25) is 9.59 Å². The predicted molar refractivity (Wildman–Crippen MR) is 144 cm³/mol. The first-order valence-corrected chi connectivity index (χ1v) is 14.8. The van der Waals surface area contributed by atoms with Gasteiger partial charge in [-0.05, 0) is 62.3 Å². The summed E-state index contributed by atoms with van der Waals surface area (Å²) in [6, 6.07) is 7.94. The number of carbonyl (C=O) groups excluding carboxylic acids is 2. The fourth-order valence-corrected chi connectivity index (χ4v) is 7.57. The maximum absolute atomic E-state index is 12.9. The molecule has 1 spiro atoms. The Morgan fingerprint density at radius 3 is 2.45 bits per heavy atom. The largest absolute Gasteiger partial charge is 0.497 e. The van der Waals surface area contributed by atoms with Crippen LogP contribution >= 0.6 is 0 Å². The number of benzene rings is 1. The van der Waals surface area contributed by atoms with Gasteiger partial charge in [-0.25, -0.2) is 9.78 Å². The number of hydrogen-bond donors (Lipinski definition) is 0. The van der Waals surface area contributed by atoms with Gasteiger partial charge < -0.3 is 28.7 Å². The normalized spacial score (nSPS) is 38.8. The topological polar surface area (TPSA) is 96.0 Å². The van der Waals surface area contributed by atoms with Crippen molar-refractivity contribution in [2.75, 3.05) is 38.2 Å². The van der Waals surface area contributed by atoms with Crippen molar-refractivity contribution in [3.8, 4) is 5.75 Å². The molecule has 8 atom stereocenters. The van der Waals surface area contributed by atoms with Crippen molar-refractivity contribution in [2.24, 2.45) is 23.7 Å². The molecule has 5 aliphatic heterocycles. The van der Waals surface area contributed by atoms with E-state index < -0.39 is 29.9 Å². The second-order valence-electron chi connectivity index (χ2n) is 12.3. The van der Waals surface area contributed by atoms with Crippen LogP contribution in [-0.2, 0) is 33.6 Å². The molecule has 0 radical (unpaired) electrons. The number of anilines is 1. The van der Waals surface area contributed by atoms with Crippen molar-refractivity contribution in [3.63, 3.8) is 0 Å². The molecule has 6 aliphatic rings. The summed E-state index contributed by atoms with van der Waals surface area (Å²) in [5, 5.41) is 0. The molecule has 1 aromatic carbocycles. The van der Waals surface area contributed by atoms with Gasteiger partial charge in [0.1, 0.15) is 5.75 Å². The zero-order valence-corrected chi connectivity index (χ0v) is 24.0. The number of fused-ring (bicyclic) bond motifs is 2. The minimum Gasteiger partial charge on any atom is -0.497 e. The standard InChI is InChI=1S/C30H42N2O8/c1-19-5-10-24-20(2)27(37-28-30(24)23(19)13-14-29(3,38-28)39-40-30)36-26(34)12-11-25(33)32-17-15-31(16-18-32)21-6-8-22(35-4)9-7-21/h6-9,19-20,23-24,27-28H,5,10-18H2,1-4H3/t19-,20-,23+,24+,27-,28-,29+,30-/m1/s1. The Hall–Kier alpha value is -2.40. The summed E-state index contributed by atoms with van der Waals surface area (Å²) in [4.78, 5) is 41.9. The number of piperazine rings is 1. The lowest BCUT2D eigenvalue weighted by Crippen LogP contribution is -2.70. The average molecular weight is 559 g/mol. The monoisotopic (exact) mass is 558 g/mol. The van der Waals surface area contributed by atoms with Gasteiger partial charge in [-0.2, -0.15) is 0 Å². The molecular formula is C30H42N2O8. The molecule has 220 valence electrons. The molecule has 40 heavy (non-hydrogen) atoms. The van der Waals surface area contributed by atoms with Crippen LogP contribution in [0.3, 0.4) is 0 Å². The number of esters is 1. The fourth-order valence-electron chi connectivity index (χ4n) is 7.57. The molecule has 0 aromatic heterocycles. The maximum Gasteiger partial charge on any atom is 0.308 e. The summed E-state index contributed by atoms with van der Waals surface area (Å²) in [5.41, 5.74) is 0.412. The van der Waals surface area contributed by atoms with E-state index in [0.29, 0.717) is 19.0 Å². The van der Waals surface area contributed by atoms with Crippen LogP contribution in [0.1, 0.15) is 59.3 Å². The molecule has 6 fully saturated rings. The molecule has 1 amide bonds. The second-order valence-corrected chi connectivity index (χ2v) is 12.3. The van der Waals surface area contributed by atoms with Crippen molar-refractivity contribution < 1.29 is 38.3 Å². The molecule has 5 saturated heterocycles. The third-order valence-corrected chi connectivity index (χ3v) is 9.96. The van der Waals surface area contributed by atoms with E-state index in [-0.39, 0.29) is 36.5 Å². The lowest BCUT2D eigenvalue weighted by Gasteiger charge is -2.59. The van der Waals surface area contributed by atoms with Crippen molar-refractivity contribution in [1.82, 2.24) is 4.90 Å². The van der Waals surface area contributed by atoms with Crippen molar-refractivity contribution in [2.45, 2.75) is 83.3 Å². The fraction of sp³-hybridized carbons (Fsp3) is 0.733. The van der Waals surface area contributed by atoms with Crippen LogP contribution in [0.5, 0.6) is 5.75 Å². The Kier molecular flexibility index (Phi) is 7.48. The lowest BCUT2D eigenvalue weighted by molar-refractivity contribution is -0.576.